The van der Waals surface area contributed by atoms with Gasteiger partial charge < -0.3 is 25.0 Å². The molecule has 0 radical (unpaired) electrons. The zero-order chi connectivity index (χ0) is 19.4. The fourth-order valence-corrected chi connectivity index (χ4v) is 3.19. The molecule has 0 aliphatic rings. The number of phenols is 2. The number of aryl methyl sites for hydroxylation is 1. The van der Waals surface area contributed by atoms with Gasteiger partial charge in [0.1, 0.15) is 22.1 Å². The van der Waals surface area contributed by atoms with Crippen molar-refractivity contribution < 1.29 is 34.1 Å². The summed E-state index contributed by atoms with van der Waals surface area (Å²) >= 11 is 1.21. The number of thiophene rings is 1. The minimum absolute atomic E-state index is 0.186. The third-order valence-corrected chi connectivity index (χ3v) is 4.69. The van der Waals surface area contributed by atoms with Crippen molar-refractivity contribution in [2.24, 2.45) is 0 Å². The lowest BCUT2D eigenvalue weighted by molar-refractivity contribution is -0.119. The Labute approximate surface area is 153 Å². The largest absolute Gasteiger partial charge is 0.508 e. The van der Waals surface area contributed by atoms with Crippen molar-refractivity contribution in [2.45, 2.75) is 13.8 Å². The Morgan fingerprint density at radius 2 is 1.85 bits per heavy atom. The summed E-state index contributed by atoms with van der Waals surface area (Å²) in [6.45, 7) is 2.92. The Bertz CT molecular complexity index is 872. The number of ether oxygens (including phenoxy) is 2. The number of methoxy groups -OCH3 is 1. The molecule has 2 rings (SSSR count). The van der Waals surface area contributed by atoms with Crippen molar-refractivity contribution in [3.63, 3.8) is 0 Å². The van der Waals surface area contributed by atoms with E-state index in [2.05, 4.69) is 5.32 Å². The number of benzene rings is 1. The molecule has 0 atom stereocenters. The number of carbonyl (C=O) groups is 3. The molecule has 1 amide bonds. The van der Waals surface area contributed by atoms with Gasteiger partial charge in [-0.1, -0.05) is 0 Å². The molecular weight excluding hydrogens is 362 g/mol. The van der Waals surface area contributed by atoms with Crippen LogP contribution in [0, 0.1) is 13.8 Å². The first-order chi connectivity index (χ1) is 12.2. The minimum Gasteiger partial charge on any atom is -0.508 e. The van der Waals surface area contributed by atoms with E-state index in [0.717, 1.165) is 10.9 Å². The van der Waals surface area contributed by atoms with Crippen molar-refractivity contribution in [1.29, 1.82) is 0 Å². The third-order valence-electron chi connectivity index (χ3n) is 3.56. The molecule has 0 fully saturated rings. The summed E-state index contributed by atoms with van der Waals surface area (Å²) in [5, 5.41) is 21.6. The van der Waals surface area contributed by atoms with E-state index in [4.69, 9.17) is 9.47 Å². The predicted octanol–water partition coefficient (Wildman–Crippen LogP) is 2.36. The molecule has 0 unspecified atom stereocenters. The fraction of sp³-hybridized carbons (Fsp3) is 0.235. The van der Waals surface area contributed by atoms with E-state index in [1.807, 2.05) is 0 Å². The maximum absolute atomic E-state index is 12.0. The zero-order valence-corrected chi connectivity index (χ0v) is 15.1. The summed E-state index contributed by atoms with van der Waals surface area (Å²) in [5.41, 5.74) is 0.766. The van der Waals surface area contributed by atoms with E-state index in [1.54, 1.807) is 13.8 Å². The molecular formula is C17H17NO7S. The number of phenolic OH excluding ortho intramolecular Hbond substituents is 2. The van der Waals surface area contributed by atoms with Crippen molar-refractivity contribution in [1.82, 2.24) is 0 Å². The topological polar surface area (TPSA) is 122 Å². The first-order valence-electron chi connectivity index (χ1n) is 7.41. The molecule has 138 valence electrons. The Hall–Kier alpha value is -3.07. The van der Waals surface area contributed by atoms with Gasteiger partial charge in [-0.2, -0.15) is 0 Å². The highest BCUT2D eigenvalue weighted by Crippen LogP contribution is 2.33. The van der Waals surface area contributed by atoms with Crippen LogP contribution in [-0.2, 0) is 14.3 Å². The smallest absolute Gasteiger partial charge is 0.342 e. The highest BCUT2D eigenvalue weighted by molar-refractivity contribution is 7.16. The molecule has 1 aromatic heterocycles. The van der Waals surface area contributed by atoms with Crippen molar-refractivity contribution in [3.05, 3.63) is 39.8 Å². The molecule has 1 aromatic carbocycles. The van der Waals surface area contributed by atoms with E-state index in [9.17, 15) is 24.6 Å². The minimum atomic E-state index is -0.926. The van der Waals surface area contributed by atoms with Gasteiger partial charge in [0, 0.05) is 10.9 Å². The second-order valence-electron chi connectivity index (χ2n) is 5.30. The molecule has 0 aliphatic heterocycles. The molecule has 9 heteroatoms. The van der Waals surface area contributed by atoms with Crippen LogP contribution < -0.4 is 5.32 Å². The summed E-state index contributed by atoms with van der Waals surface area (Å²) in [7, 11) is 1.24. The molecule has 0 aliphatic carbocycles. The first kappa shape index (κ1) is 19.3. The van der Waals surface area contributed by atoms with Gasteiger partial charge >= 0.3 is 11.9 Å². The summed E-state index contributed by atoms with van der Waals surface area (Å²) in [6, 6.07) is 3.36. The lowest BCUT2D eigenvalue weighted by atomic mass is 10.1. The molecule has 0 bridgehead atoms. The van der Waals surface area contributed by atoms with E-state index in [0.29, 0.717) is 10.6 Å². The molecule has 2 aromatic rings. The van der Waals surface area contributed by atoms with Crippen LogP contribution in [0.1, 0.15) is 31.2 Å². The lowest BCUT2D eigenvalue weighted by Gasteiger charge is -2.08. The van der Waals surface area contributed by atoms with Gasteiger partial charge in [-0.15, -0.1) is 11.3 Å². The van der Waals surface area contributed by atoms with Crippen LogP contribution in [0.3, 0.4) is 0 Å². The Kier molecular flexibility index (Phi) is 5.83. The van der Waals surface area contributed by atoms with Crippen LogP contribution in [-0.4, -0.2) is 41.8 Å². The van der Waals surface area contributed by atoms with Crippen LogP contribution in [0.15, 0.2) is 18.2 Å². The second kappa shape index (κ2) is 7.87. The van der Waals surface area contributed by atoms with Crippen LogP contribution in [0.4, 0.5) is 5.00 Å². The molecule has 3 N–H and O–H groups in total. The summed E-state index contributed by atoms with van der Waals surface area (Å²) < 4.78 is 9.56. The van der Waals surface area contributed by atoms with Crippen LogP contribution >= 0.6 is 11.3 Å². The number of hydrogen-bond donors (Lipinski definition) is 3. The molecule has 26 heavy (non-hydrogen) atoms. The first-order valence-corrected chi connectivity index (χ1v) is 8.23. The van der Waals surface area contributed by atoms with E-state index in [1.165, 1.54) is 30.6 Å². The average Bonchev–Trinajstić information content (AvgIpc) is 2.86. The second-order valence-corrected chi connectivity index (χ2v) is 6.53. The highest BCUT2D eigenvalue weighted by Gasteiger charge is 2.22. The third kappa shape index (κ3) is 4.12. The van der Waals surface area contributed by atoms with Gasteiger partial charge in [0.05, 0.1) is 12.7 Å². The molecule has 8 nitrogen and oxygen atoms in total. The number of carbonyl (C=O) groups excluding carboxylic acids is 3. The summed E-state index contributed by atoms with van der Waals surface area (Å²) in [6.07, 6.45) is 0. The number of aromatic hydroxyl groups is 2. The van der Waals surface area contributed by atoms with Gasteiger partial charge in [-0.3, -0.25) is 4.79 Å². The monoisotopic (exact) mass is 379 g/mol. The maximum atomic E-state index is 12.0. The molecule has 0 spiro atoms. The number of hydrogen-bond acceptors (Lipinski definition) is 8. The predicted molar refractivity (Wildman–Crippen MR) is 93.8 cm³/mol. The van der Waals surface area contributed by atoms with Crippen molar-refractivity contribution in [3.8, 4) is 11.5 Å². The quantitative estimate of drug-likeness (QED) is 0.682. The van der Waals surface area contributed by atoms with Gasteiger partial charge in [0.2, 0.25) is 0 Å². The SMILES string of the molecule is COC(=O)c1c(NC(=O)COC(=O)c2ccc(O)cc2O)sc(C)c1C. The van der Waals surface area contributed by atoms with Gasteiger partial charge in [0.15, 0.2) is 6.61 Å². The van der Waals surface area contributed by atoms with Gasteiger partial charge in [0.25, 0.3) is 5.91 Å². The number of nitrogens with one attached hydrogen (secondary N) is 1. The lowest BCUT2D eigenvalue weighted by Crippen LogP contribution is -2.21. The number of amides is 1. The molecule has 0 saturated heterocycles. The Morgan fingerprint density at radius 1 is 1.15 bits per heavy atom. The van der Waals surface area contributed by atoms with Crippen LogP contribution in [0.25, 0.3) is 0 Å². The summed E-state index contributed by atoms with van der Waals surface area (Å²) in [4.78, 5) is 36.6. The van der Waals surface area contributed by atoms with E-state index in [-0.39, 0.29) is 16.9 Å². The number of esters is 2. The summed E-state index contributed by atoms with van der Waals surface area (Å²) in [5.74, 6) is -2.83. The molecule has 0 saturated carbocycles. The maximum Gasteiger partial charge on any atom is 0.342 e. The van der Waals surface area contributed by atoms with Crippen molar-refractivity contribution >= 4 is 34.2 Å². The molecule has 1 heterocycles. The van der Waals surface area contributed by atoms with E-state index < -0.39 is 30.2 Å². The highest BCUT2D eigenvalue weighted by atomic mass is 32.1. The number of rotatable bonds is 5. The van der Waals surface area contributed by atoms with E-state index >= 15 is 0 Å². The Balaban J connectivity index is 2.05. The van der Waals surface area contributed by atoms with Crippen LogP contribution in [0.5, 0.6) is 11.5 Å². The van der Waals surface area contributed by atoms with Crippen LogP contribution in [0.2, 0.25) is 0 Å². The fourth-order valence-electron chi connectivity index (χ4n) is 2.13. The zero-order valence-electron chi connectivity index (χ0n) is 14.3. The van der Waals surface area contributed by atoms with Gasteiger partial charge in [-0.25, -0.2) is 9.59 Å². The average molecular weight is 379 g/mol. The Morgan fingerprint density at radius 3 is 2.46 bits per heavy atom. The standard InChI is InChI=1S/C17H17NO7S/c1-8-9(2)26-15(14(8)17(23)24-3)18-13(21)7-25-16(22)11-5-4-10(19)6-12(11)20/h4-6,19-20H,7H2,1-3H3,(H,18,21). The normalized spacial score (nSPS) is 10.3. The van der Waals surface area contributed by atoms with Crippen molar-refractivity contribution in [2.75, 3.05) is 19.0 Å². The van der Waals surface area contributed by atoms with Gasteiger partial charge in [-0.05, 0) is 31.5 Å². The number of anilines is 1.